The molecule has 44 heavy (non-hydrogen) atoms. The van der Waals surface area contributed by atoms with Crippen molar-refractivity contribution in [3.63, 3.8) is 0 Å². The zero-order valence-corrected chi connectivity index (χ0v) is 28.6. The third-order valence-electron chi connectivity index (χ3n) is 7.05. The maximum absolute atomic E-state index is 14.5. The molecule has 4 aromatic rings. The highest BCUT2D eigenvalue weighted by Gasteiger charge is 2.34. The summed E-state index contributed by atoms with van der Waals surface area (Å²) in [5.41, 5.74) is 2.92. The number of nitrogens with zero attached hydrogens (tertiary/aromatic N) is 2. The zero-order valence-electron chi connectivity index (χ0n) is 24.6. The van der Waals surface area contributed by atoms with Gasteiger partial charge in [0.15, 0.2) is 0 Å². The van der Waals surface area contributed by atoms with E-state index in [0.29, 0.717) is 16.7 Å². The van der Waals surface area contributed by atoms with Gasteiger partial charge in [0.2, 0.25) is 11.8 Å². The number of hydrogen-bond acceptors (Lipinski definition) is 4. The Hall–Kier alpha value is -3.47. The van der Waals surface area contributed by atoms with Gasteiger partial charge in [0.05, 0.1) is 10.6 Å². The van der Waals surface area contributed by atoms with Crippen LogP contribution in [0.25, 0.3) is 0 Å². The normalized spacial score (nSPS) is 11.9. The second-order valence-electron chi connectivity index (χ2n) is 10.5. The van der Waals surface area contributed by atoms with Crippen molar-refractivity contribution in [1.82, 2.24) is 10.2 Å². The molecular formula is C34H35Br2N3O4S. The van der Waals surface area contributed by atoms with Gasteiger partial charge in [-0.2, -0.15) is 0 Å². The molecule has 0 spiro atoms. The average Bonchev–Trinajstić information content (AvgIpc) is 3.01. The van der Waals surface area contributed by atoms with E-state index in [1.165, 1.54) is 17.0 Å². The highest BCUT2D eigenvalue weighted by molar-refractivity contribution is 9.10. The second-order valence-corrected chi connectivity index (χ2v) is 14.1. The number of halogens is 2. The van der Waals surface area contributed by atoms with Gasteiger partial charge < -0.3 is 10.2 Å². The molecule has 0 aliphatic rings. The first kappa shape index (κ1) is 33.4. The molecule has 0 heterocycles. The van der Waals surface area contributed by atoms with Crippen molar-refractivity contribution >= 4 is 59.4 Å². The van der Waals surface area contributed by atoms with Gasteiger partial charge in [-0.25, -0.2) is 8.42 Å². The lowest BCUT2D eigenvalue weighted by atomic mass is 10.0. The summed E-state index contributed by atoms with van der Waals surface area (Å²) < 4.78 is 30.8. The van der Waals surface area contributed by atoms with Crippen molar-refractivity contribution in [2.24, 2.45) is 0 Å². The van der Waals surface area contributed by atoms with E-state index in [1.807, 2.05) is 68.4 Å². The molecule has 0 radical (unpaired) electrons. The Bertz CT molecular complexity index is 1680. The standard InChI is InChI=1S/C34H35Br2N3O4S/c1-3-19-37-34(41)32(21-26-9-5-4-6-10-26)38(23-27-11-7-12-28(35)20-27)33(40)24-39(30-14-8-13-29(36)22-30)44(42,43)31-17-15-25(2)16-18-31/h4-18,20,22,32H,3,19,21,23-24H2,1-2H3,(H,37,41). The SMILES string of the molecule is CCCNC(=O)C(Cc1ccccc1)N(Cc1cccc(Br)c1)C(=O)CN(c1cccc(Br)c1)S(=O)(=O)c1ccc(C)cc1. The summed E-state index contributed by atoms with van der Waals surface area (Å²) in [6.07, 6.45) is 0.993. The molecule has 4 aromatic carbocycles. The van der Waals surface area contributed by atoms with Gasteiger partial charge in [-0.3, -0.25) is 13.9 Å². The minimum Gasteiger partial charge on any atom is -0.354 e. The van der Waals surface area contributed by atoms with Crippen molar-refractivity contribution in [2.75, 3.05) is 17.4 Å². The largest absolute Gasteiger partial charge is 0.354 e. The fourth-order valence-corrected chi connectivity index (χ4v) is 6.99. The van der Waals surface area contributed by atoms with E-state index in [4.69, 9.17) is 0 Å². The first-order chi connectivity index (χ1) is 21.1. The van der Waals surface area contributed by atoms with Crippen LogP contribution in [0, 0.1) is 6.92 Å². The van der Waals surface area contributed by atoms with Crippen LogP contribution in [-0.2, 0) is 32.6 Å². The maximum Gasteiger partial charge on any atom is 0.264 e. The van der Waals surface area contributed by atoms with Gasteiger partial charge in [0, 0.05) is 28.5 Å². The highest BCUT2D eigenvalue weighted by Crippen LogP contribution is 2.28. The van der Waals surface area contributed by atoms with Crippen LogP contribution in [0.15, 0.2) is 117 Å². The van der Waals surface area contributed by atoms with E-state index >= 15 is 0 Å². The van der Waals surface area contributed by atoms with E-state index in [2.05, 4.69) is 37.2 Å². The second kappa shape index (κ2) is 15.5. The van der Waals surface area contributed by atoms with E-state index < -0.39 is 28.5 Å². The Labute approximate surface area is 276 Å². The molecule has 10 heteroatoms. The molecule has 2 amide bonds. The Morgan fingerprint density at radius 1 is 0.818 bits per heavy atom. The van der Waals surface area contributed by atoms with Crippen LogP contribution in [0.4, 0.5) is 5.69 Å². The van der Waals surface area contributed by atoms with Crippen molar-refractivity contribution < 1.29 is 18.0 Å². The number of hydrogen-bond donors (Lipinski definition) is 1. The quantitative estimate of drug-likeness (QED) is 0.162. The minimum absolute atomic E-state index is 0.0657. The van der Waals surface area contributed by atoms with E-state index in [-0.39, 0.29) is 23.8 Å². The van der Waals surface area contributed by atoms with Crippen molar-refractivity contribution in [3.8, 4) is 0 Å². The first-order valence-electron chi connectivity index (χ1n) is 14.3. The topological polar surface area (TPSA) is 86.8 Å². The predicted molar refractivity (Wildman–Crippen MR) is 182 cm³/mol. The third kappa shape index (κ3) is 8.80. The smallest absolute Gasteiger partial charge is 0.264 e. The molecule has 7 nitrogen and oxygen atoms in total. The molecule has 1 unspecified atom stereocenters. The van der Waals surface area contributed by atoms with E-state index in [1.54, 1.807) is 36.4 Å². The lowest BCUT2D eigenvalue weighted by molar-refractivity contribution is -0.140. The number of nitrogens with one attached hydrogen (secondary N) is 1. The molecule has 0 aliphatic heterocycles. The van der Waals surface area contributed by atoms with Crippen molar-refractivity contribution in [1.29, 1.82) is 0 Å². The van der Waals surface area contributed by atoms with Gasteiger partial charge in [0.25, 0.3) is 10.0 Å². The number of benzene rings is 4. The first-order valence-corrected chi connectivity index (χ1v) is 17.3. The van der Waals surface area contributed by atoms with Crippen LogP contribution in [0.5, 0.6) is 0 Å². The highest BCUT2D eigenvalue weighted by atomic mass is 79.9. The Balaban J connectivity index is 1.80. The summed E-state index contributed by atoms with van der Waals surface area (Å²) in [5, 5.41) is 2.96. The third-order valence-corrected chi connectivity index (χ3v) is 9.82. The molecular weight excluding hydrogens is 706 g/mol. The van der Waals surface area contributed by atoms with Crippen molar-refractivity contribution in [2.45, 2.75) is 44.2 Å². The van der Waals surface area contributed by atoms with E-state index in [9.17, 15) is 18.0 Å². The van der Waals surface area contributed by atoms with Crippen LogP contribution >= 0.6 is 31.9 Å². The molecule has 1 N–H and O–H groups in total. The maximum atomic E-state index is 14.5. The van der Waals surface area contributed by atoms with Gasteiger partial charge in [-0.15, -0.1) is 0 Å². The van der Waals surface area contributed by atoms with Crippen LogP contribution < -0.4 is 9.62 Å². The summed E-state index contributed by atoms with van der Waals surface area (Å²) in [6, 6.07) is 29.5. The number of sulfonamides is 1. The molecule has 0 aliphatic carbocycles. The Morgan fingerprint density at radius 2 is 1.45 bits per heavy atom. The van der Waals surface area contributed by atoms with Crippen LogP contribution in [0.2, 0.25) is 0 Å². The van der Waals surface area contributed by atoms with E-state index in [0.717, 1.165) is 31.9 Å². The van der Waals surface area contributed by atoms with Gasteiger partial charge in [0.1, 0.15) is 12.6 Å². The lowest BCUT2D eigenvalue weighted by Gasteiger charge is -2.34. The summed E-state index contributed by atoms with van der Waals surface area (Å²) in [5.74, 6) is -0.803. The summed E-state index contributed by atoms with van der Waals surface area (Å²) in [6.45, 7) is 3.89. The Morgan fingerprint density at radius 3 is 2.09 bits per heavy atom. The summed E-state index contributed by atoms with van der Waals surface area (Å²) in [4.78, 5) is 29.7. The number of carbonyl (C=O) groups is 2. The fraction of sp³-hybridized carbons (Fsp3) is 0.235. The molecule has 230 valence electrons. The number of aryl methyl sites for hydroxylation is 1. The van der Waals surface area contributed by atoms with Gasteiger partial charge in [-0.05, 0) is 66.9 Å². The molecule has 0 saturated carbocycles. The van der Waals surface area contributed by atoms with Crippen molar-refractivity contribution in [3.05, 3.63) is 129 Å². The molecule has 0 aromatic heterocycles. The van der Waals surface area contributed by atoms with Crippen LogP contribution in [-0.4, -0.2) is 44.3 Å². The molecule has 0 saturated heterocycles. The molecule has 4 rings (SSSR count). The van der Waals surface area contributed by atoms with Crippen LogP contribution in [0.3, 0.4) is 0 Å². The van der Waals surface area contributed by atoms with Gasteiger partial charge >= 0.3 is 0 Å². The fourth-order valence-electron chi connectivity index (χ4n) is 4.75. The number of amides is 2. The lowest BCUT2D eigenvalue weighted by Crippen LogP contribution is -2.53. The molecule has 0 fully saturated rings. The summed E-state index contributed by atoms with van der Waals surface area (Å²) in [7, 11) is -4.16. The monoisotopic (exact) mass is 739 g/mol. The number of rotatable bonds is 13. The predicted octanol–water partition coefficient (Wildman–Crippen LogP) is 6.88. The van der Waals surface area contributed by atoms with Gasteiger partial charge in [-0.1, -0.05) is 105 Å². The van der Waals surface area contributed by atoms with Crippen LogP contribution in [0.1, 0.15) is 30.0 Å². The molecule has 0 bridgehead atoms. The molecule has 1 atom stereocenters. The summed E-state index contributed by atoms with van der Waals surface area (Å²) >= 11 is 6.94. The number of carbonyl (C=O) groups excluding carboxylic acids is 2. The Kier molecular flexibility index (Phi) is 11.8. The average molecular weight is 742 g/mol. The zero-order chi connectivity index (χ0) is 31.7. The number of anilines is 1. The minimum atomic E-state index is -4.16.